The van der Waals surface area contributed by atoms with Gasteiger partial charge in [0.25, 0.3) is 0 Å². The highest BCUT2D eigenvalue weighted by molar-refractivity contribution is 5.71. The lowest BCUT2D eigenvalue weighted by atomic mass is 9.96. The summed E-state index contributed by atoms with van der Waals surface area (Å²) in [6.45, 7) is 1.23. The number of nitrogens with one attached hydrogen (secondary N) is 1. The minimum Gasteiger partial charge on any atom is -0.481 e. The second-order valence-electron chi connectivity index (χ2n) is 5.03. The van der Waals surface area contributed by atoms with Gasteiger partial charge in [-0.15, -0.1) is 0 Å². The molecule has 2 atom stereocenters. The van der Waals surface area contributed by atoms with Crippen LogP contribution in [0.2, 0.25) is 0 Å². The van der Waals surface area contributed by atoms with Crippen LogP contribution >= 0.6 is 0 Å². The van der Waals surface area contributed by atoms with Crippen LogP contribution in [0.1, 0.15) is 18.4 Å². The van der Waals surface area contributed by atoms with Crippen LogP contribution in [0.25, 0.3) is 0 Å². The summed E-state index contributed by atoms with van der Waals surface area (Å²) in [7, 11) is 0. The molecule has 0 saturated carbocycles. The van der Waals surface area contributed by atoms with E-state index in [1.54, 1.807) is 0 Å². The Bertz CT molecular complexity index is 470. The molecule has 6 nitrogen and oxygen atoms in total. The number of benzene rings is 1. The van der Waals surface area contributed by atoms with Crippen molar-refractivity contribution in [2.45, 2.75) is 25.5 Å². The first kappa shape index (κ1) is 15.3. The molecule has 1 heterocycles. The molecule has 1 fully saturated rings. The zero-order valence-electron chi connectivity index (χ0n) is 11.7. The van der Waals surface area contributed by atoms with Gasteiger partial charge in [0, 0.05) is 18.6 Å². The van der Waals surface area contributed by atoms with Crippen molar-refractivity contribution < 1.29 is 24.2 Å². The molecular formula is C15H19NO5. The number of hydrogen-bond donors (Lipinski definition) is 2. The highest BCUT2D eigenvalue weighted by atomic mass is 16.5. The molecule has 0 aliphatic carbocycles. The summed E-state index contributed by atoms with van der Waals surface area (Å²) in [5.74, 6) is -0.930. The average molecular weight is 293 g/mol. The molecule has 2 rings (SSSR count). The number of rotatable bonds is 6. The first-order valence-electron chi connectivity index (χ1n) is 6.92. The zero-order chi connectivity index (χ0) is 15.1. The standard InChI is InChI=1S/C15H19NO5/c17-14(18)8-13(12-6-7-20-10-12)16-15(19)21-9-11-4-2-1-3-5-11/h1-5,12-13H,6-10H2,(H,16,19)(H,17,18). The molecule has 0 radical (unpaired) electrons. The largest absolute Gasteiger partial charge is 0.481 e. The topological polar surface area (TPSA) is 84.9 Å². The van der Waals surface area contributed by atoms with Crippen molar-refractivity contribution in [1.82, 2.24) is 5.32 Å². The molecule has 1 aromatic rings. The molecule has 0 spiro atoms. The van der Waals surface area contributed by atoms with Crippen LogP contribution in [0.5, 0.6) is 0 Å². The smallest absolute Gasteiger partial charge is 0.407 e. The van der Waals surface area contributed by atoms with Crippen LogP contribution in [0.3, 0.4) is 0 Å². The summed E-state index contributed by atoms with van der Waals surface area (Å²) in [5, 5.41) is 11.6. The number of carboxylic acids is 1. The van der Waals surface area contributed by atoms with Gasteiger partial charge in [0.1, 0.15) is 6.61 Å². The SMILES string of the molecule is O=C(O)CC(NC(=O)OCc1ccccc1)C1CCOC1. The number of ether oxygens (including phenoxy) is 2. The van der Waals surface area contributed by atoms with E-state index in [1.807, 2.05) is 30.3 Å². The number of alkyl carbamates (subject to hydrolysis) is 1. The fourth-order valence-corrected chi connectivity index (χ4v) is 2.31. The van der Waals surface area contributed by atoms with E-state index >= 15 is 0 Å². The second-order valence-corrected chi connectivity index (χ2v) is 5.03. The molecule has 0 bridgehead atoms. The Labute approximate surface area is 123 Å². The van der Waals surface area contributed by atoms with E-state index in [9.17, 15) is 9.59 Å². The number of carboxylic acid groups (broad SMARTS) is 1. The maximum absolute atomic E-state index is 11.8. The zero-order valence-corrected chi connectivity index (χ0v) is 11.7. The number of hydrogen-bond acceptors (Lipinski definition) is 4. The lowest BCUT2D eigenvalue weighted by Gasteiger charge is -2.21. The molecule has 1 aliphatic rings. The molecule has 1 saturated heterocycles. The quantitative estimate of drug-likeness (QED) is 0.835. The molecule has 21 heavy (non-hydrogen) atoms. The molecule has 1 aliphatic heterocycles. The monoisotopic (exact) mass is 293 g/mol. The van der Waals surface area contributed by atoms with E-state index < -0.39 is 18.1 Å². The Kier molecular flexibility index (Phi) is 5.57. The fourth-order valence-electron chi connectivity index (χ4n) is 2.31. The van der Waals surface area contributed by atoms with E-state index in [0.29, 0.717) is 13.2 Å². The lowest BCUT2D eigenvalue weighted by Crippen LogP contribution is -2.42. The third kappa shape index (κ3) is 5.07. The van der Waals surface area contributed by atoms with Crippen LogP contribution in [0, 0.1) is 5.92 Å². The van der Waals surface area contributed by atoms with Gasteiger partial charge >= 0.3 is 12.1 Å². The maximum Gasteiger partial charge on any atom is 0.407 e. The Morgan fingerprint density at radius 1 is 1.38 bits per heavy atom. The minimum absolute atomic E-state index is 0.0189. The Hall–Kier alpha value is -2.08. The molecule has 1 aromatic carbocycles. The summed E-state index contributed by atoms with van der Waals surface area (Å²) in [5.41, 5.74) is 0.881. The highest BCUT2D eigenvalue weighted by Crippen LogP contribution is 2.19. The summed E-state index contributed by atoms with van der Waals surface area (Å²) in [6, 6.07) is 8.85. The van der Waals surface area contributed by atoms with Crippen molar-refractivity contribution in [1.29, 1.82) is 0 Å². The maximum atomic E-state index is 11.8. The molecule has 6 heteroatoms. The van der Waals surface area contributed by atoms with Crippen LogP contribution in [0.15, 0.2) is 30.3 Å². The van der Waals surface area contributed by atoms with Gasteiger partial charge < -0.3 is 19.9 Å². The lowest BCUT2D eigenvalue weighted by molar-refractivity contribution is -0.137. The van der Waals surface area contributed by atoms with Crippen molar-refractivity contribution in [3.63, 3.8) is 0 Å². The number of carbonyl (C=O) groups is 2. The normalized spacial score (nSPS) is 19.0. The third-order valence-electron chi connectivity index (χ3n) is 3.44. The van der Waals surface area contributed by atoms with E-state index in [1.165, 1.54) is 0 Å². The molecule has 0 aromatic heterocycles. The molecule has 2 N–H and O–H groups in total. The van der Waals surface area contributed by atoms with Crippen molar-refractivity contribution in [2.24, 2.45) is 5.92 Å². The predicted molar refractivity (Wildman–Crippen MR) is 74.7 cm³/mol. The minimum atomic E-state index is -0.949. The van der Waals surface area contributed by atoms with Gasteiger partial charge in [-0.1, -0.05) is 30.3 Å². The van der Waals surface area contributed by atoms with Crippen molar-refractivity contribution >= 4 is 12.1 Å². The Morgan fingerprint density at radius 3 is 2.76 bits per heavy atom. The van der Waals surface area contributed by atoms with Crippen molar-refractivity contribution in [3.05, 3.63) is 35.9 Å². The van der Waals surface area contributed by atoms with E-state index in [2.05, 4.69) is 5.32 Å². The van der Waals surface area contributed by atoms with Crippen molar-refractivity contribution in [3.8, 4) is 0 Å². The average Bonchev–Trinajstić information content (AvgIpc) is 2.99. The van der Waals surface area contributed by atoms with Gasteiger partial charge in [0.15, 0.2) is 0 Å². The van der Waals surface area contributed by atoms with Crippen LogP contribution < -0.4 is 5.32 Å². The van der Waals surface area contributed by atoms with Crippen LogP contribution in [0.4, 0.5) is 4.79 Å². The third-order valence-corrected chi connectivity index (χ3v) is 3.44. The Balaban J connectivity index is 1.83. The molecular weight excluding hydrogens is 274 g/mol. The predicted octanol–water partition coefficient (Wildman–Crippen LogP) is 1.79. The highest BCUT2D eigenvalue weighted by Gasteiger charge is 2.29. The Morgan fingerprint density at radius 2 is 2.14 bits per heavy atom. The number of carbonyl (C=O) groups excluding carboxylic acids is 1. The van der Waals surface area contributed by atoms with Gasteiger partial charge in [-0.2, -0.15) is 0 Å². The fraction of sp³-hybridized carbons (Fsp3) is 0.467. The van der Waals surface area contributed by atoms with Gasteiger partial charge in [-0.25, -0.2) is 4.79 Å². The molecule has 2 unspecified atom stereocenters. The first-order valence-corrected chi connectivity index (χ1v) is 6.92. The summed E-state index contributed by atoms with van der Waals surface area (Å²) < 4.78 is 10.4. The number of amides is 1. The van der Waals surface area contributed by atoms with Crippen LogP contribution in [-0.2, 0) is 20.9 Å². The van der Waals surface area contributed by atoms with Crippen molar-refractivity contribution in [2.75, 3.05) is 13.2 Å². The first-order chi connectivity index (χ1) is 10.1. The summed E-state index contributed by atoms with van der Waals surface area (Å²) >= 11 is 0. The second kappa shape index (κ2) is 7.64. The van der Waals surface area contributed by atoms with Gasteiger partial charge in [-0.3, -0.25) is 4.79 Å². The van der Waals surface area contributed by atoms with Crippen LogP contribution in [-0.4, -0.2) is 36.4 Å². The molecule has 114 valence electrons. The van der Waals surface area contributed by atoms with Gasteiger partial charge in [0.05, 0.1) is 13.0 Å². The van der Waals surface area contributed by atoms with Gasteiger partial charge in [-0.05, 0) is 12.0 Å². The molecule has 1 amide bonds. The van der Waals surface area contributed by atoms with E-state index in [4.69, 9.17) is 14.6 Å². The summed E-state index contributed by atoms with van der Waals surface area (Å²) in [4.78, 5) is 22.7. The van der Waals surface area contributed by atoms with E-state index in [0.717, 1.165) is 12.0 Å². The van der Waals surface area contributed by atoms with Gasteiger partial charge in [0.2, 0.25) is 0 Å². The number of aliphatic carboxylic acids is 1. The van der Waals surface area contributed by atoms with E-state index in [-0.39, 0.29) is 18.9 Å². The summed E-state index contributed by atoms with van der Waals surface area (Å²) in [6.07, 6.45) is 0.0164.